The second-order valence-electron chi connectivity index (χ2n) is 4.75. The first-order chi connectivity index (χ1) is 9.43. The van der Waals surface area contributed by atoms with Gasteiger partial charge in [0, 0.05) is 15.1 Å². The highest BCUT2D eigenvalue weighted by atomic mass is 79.9. The zero-order valence-electron chi connectivity index (χ0n) is 11.6. The Morgan fingerprint density at radius 2 is 1.80 bits per heavy atom. The van der Waals surface area contributed by atoms with Gasteiger partial charge in [0.1, 0.15) is 11.9 Å². The van der Waals surface area contributed by atoms with Crippen LogP contribution in [0.2, 0.25) is 5.02 Å². The van der Waals surface area contributed by atoms with Crippen LogP contribution in [0.3, 0.4) is 0 Å². The predicted molar refractivity (Wildman–Crippen MR) is 85.7 cm³/mol. The second-order valence-corrected chi connectivity index (χ2v) is 6.04. The predicted octanol–water partition coefficient (Wildman–Crippen LogP) is 4.81. The molecule has 0 aliphatic carbocycles. The minimum absolute atomic E-state index is 0.663. The topological polar surface area (TPSA) is 29.5 Å². The fraction of sp³-hybridized carbons (Fsp3) is 0.250. The summed E-state index contributed by atoms with van der Waals surface area (Å²) in [7, 11) is 1.60. The molecule has 106 valence electrons. The van der Waals surface area contributed by atoms with Crippen molar-refractivity contribution in [2.24, 2.45) is 0 Å². The van der Waals surface area contributed by atoms with Crippen LogP contribution in [0.5, 0.6) is 5.75 Å². The maximum atomic E-state index is 10.6. The fourth-order valence-corrected chi connectivity index (χ4v) is 2.76. The van der Waals surface area contributed by atoms with E-state index in [1.165, 1.54) is 0 Å². The van der Waals surface area contributed by atoms with Crippen LogP contribution >= 0.6 is 27.5 Å². The van der Waals surface area contributed by atoms with Gasteiger partial charge in [0.25, 0.3) is 0 Å². The molecule has 0 spiro atoms. The minimum atomic E-state index is -0.751. The third-order valence-corrected chi connectivity index (χ3v) is 4.42. The monoisotopic (exact) mass is 354 g/mol. The van der Waals surface area contributed by atoms with E-state index in [1.807, 2.05) is 38.1 Å². The molecule has 0 aromatic heterocycles. The van der Waals surface area contributed by atoms with E-state index in [-0.39, 0.29) is 0 Å². The molecule has 20 heavy (non-hydrogen) atoms. The average molecular weight is 356 g/mol. The first kappa shape index (κ1) is 15.4. The number of aliphatic hydroxyl groups is 1. The van der Waals surface area contributed by atoms with E-state index in [4.69, 9.17) is 16.3 Å². The molecular weight excluding hydrogens is 340 g/mol. The number of methoxy groups -OCH3 is 1. The third-order valence-electron chi connectivity index (χ3n) is 3.33. The summed E-state index contributed by atoms with van der Waals surface area (Å²) in [5, 5.41) is 11.3. The Labute approximate surface area is 132 Å². The van der Waals surface area contributed by atoms with Crippen LogP contribution in [0.25, 0.3) is 0 Å². The molecule has 1 N–H and O–H groups in total. The molecule has 2 rings (SSSR count). The van der Waals surface area contributed by atoms with Gasteiger partial charge in [0.2, 0.25) is 0 Å². The Balaban J connectivity index is 2.52. The van der Waals surface area contributed by atoms with Crippen LogP contribution in [0, 0.1) is 13.8 Å². The molecule has 2 aromatic carbocycles. The van der Waals surface area contributed by atoms with E-state index in [0.29, 0.717) is 10.8 Å². The lowest BCUT2D eigenvalue weighted by molar-refractivity contribution is 0.214. The van der Waals surface area contributed by atoms with Crippen molar-refractivity contribution in [1.29, 1.82) is 0 Å². The Morgan fingerprint density at radius 1 is 1.10 bits per heavy atom. The van der Waals surface area contributed by atoms with Crippen molar-refractivity contribution in [3.63, 3.8) is 0 Å². The second kappa shape index (κ2) is 6.17. The molecular formula is C16H16BrClO2. The van der Waals surface area contributed by atoms with E-state index in [1.54, 1.807) is 13.2 Å². The highest BCUT2D eigenvalue weighted by molar-refractivity contribution is 9.10. The largest absolute Gasteiger partial charge is 0.496 e. The molecule has 0 aliphatic rings. The third kappa shape index (κ3) is 3.00. The number of aliphatic hydroxyl groups excluding tert-OH is 1. The lowest BCUT2D eigenvalue weighted by Crippen LogP contribution is -2.05. The SMILES string of the molecule is COc1cc(C)c(Br)cc1C(O)c1ccc(Cl)cc1C. The number of halogens is 2. The summed E-state index contributed by atoms with van der Waals surface area (Å²) in [6.07, 6.45) is -0.751. The molecule has 0 bridgehead atoms. The van der Waals surface area contributed by atoms with Gasteiger partial charge >= 0.3 is 0 Å². The zero-order chi connectivity index (χ0) is 14.9. The minimum Gasteiger partial charge on any atom is -0.496 e. The standard InChI is InChI=1S/C16H16BrClO2/c1-9-6-11(18)4-5-12(9)16(19)13-8-14(17)10(2)7-15(13)20-3/h4-8,16,19H,1-3H3. The summed E-state index contributed by atoms with van der Waals surface area (Å²) < 4.78 is 6.32. The van der Waals surface area contributed by atoms with Gasteiger partial charge in [-0.1, -0.05) is 33.6 Å². The van der Waals surface area contributed by atoms with Crippen molar-refractivity contribution in [3.05, 3.63) is 62.1 Å². The van der Waals surface area contributed by atoms with Crippen LogP contribution in [0.1, 0.15) is 28.4 Å². The molecule has 2 aromatic rings. The van der Waals surface area contributed by atoms with Crippen molar-refractivity contribution in [3.8, 4) is 5.75 Å². The quantitative estimate of drug-likeness (QED) is 0.856. The highest BCUT2D eigenvalue weighted by Gasteiger charge is 2.18. The van der Waals surface area contributed by atoms with Crippen molar-refractivity contribution < 1.29 is 9.84 Å². The van der Waals surface area contributed by atoms with Crippen LogP contribution in [0.4, 0.5) is 0 Å². The van der Waals surface area contributed by atoms with Gasteiger partial charge in [-0.15, -0.1) is 0 Å². The molecule has 4 heteroatoms. The van der Waals surface area contributed by atoms with Crippen molar-refractivity contribution in [1.82, 2.24) is 0 Å². The van der Waals surface area contributed by atoms with E-state index in [9.17, 15) is 5.11 Å². The number of hydrogen-bond donors (Lipinski definition) is 1. The molecule has 0 saturated heterocycles. The number of hydrogen-bond acceptors (Lipinski definition) is 2. The summed E-state index contributed by atoms with van der Waals surface area (Å²) >= 11 is 9.45. The van der Waals surface area contributed by atoms with Gasteiger partial charge in [0.05, 0.1) is 7.11 Å². The zero-order valence-corrected chi connectivity index (χ0v) is 13.9. The van der Waals surface area contributed by atoms with Crippen molar-refractivity contribution in [2.75, 3.05) is 7.11 Å². The van der Waals surface area contributed by atoms with Gasteiger partial charge in [-0.3, -0.25) is 0 Å². The van der Waals surface area contributed by atoms with Gasteiger partial charge in [-0.25, -0.2) is 0 Å². The Hall–Kier alpha value is -1.03. The van der Waals surface area contributed by atoms with Crippen molar-refractivity contribution in [2.45, 2.75) is 20.0 Å². The average Bonchev–Trinajstić information content (AvgIpc) is 2.40. The van der Waals surface area contributed by atoms with Gasteiger partial charge in [-0.2, -0.15) is 0 Å². The van der Waals surface area contributed by atoms with E-state index in [0.717, 1.165) is 26.7 Å². The summed E-state index contributed by atoms with van der Waals surface area (Å²) in [6, 6.07) is 9.27. The lowest BCUT2D eigenvalue weighted by atomic mass is 9.96. The number of benzene rings is 2. The maximum absolute atomic E-state index is 10.6. The van der Waals surface area contributed by atoms with E-state index < -0.39 is 6.10 Å². The smallest absolute Gasteiger partial charge is 0.125 e. The molecule has 0 heterocycles. The van der Waals surface area contributed by atoms with E-state index >= 15 is 0 Å². The number of aryl methyl sites for hydroxylation is 2. The fourth-order valence-electron chi connectivity index (χ4n) is 2.17. The molecule has 2 nitrogen and oxygen atoms in total. The van der Waals surface area contributed by atoms with E-state index in [2.05, 4.69) is 15.9 Å². The lowest BCUT2D eigenvalue weighted by Gasteiger charge is -2.18. The van der Waals surface area contributed by atoms with Gasteiger partial charge in [0.15, 0.2) is 0 Å². The summed E-state index contributed by atoms with van der Waals surface area (Å²) in [5.41, 5.74) is 3.56. The first-order valence-corrected chi connectivity index (χ1v) is 7.39. The Morgan fingerprint density at radius 3 is 2.40 bits per heavy atom. The molecule has 1 atom stereocenters. The summed E-state index contributed by atoms with van der Waals surface area (Å²) in [6.45, 7) is 3.91. The highest BCUT2D eigenvalue weighted by Crippen LogP contribution is 2.35. The summed E-state index contributed by atoms with van der Waals surface area (Å²) in [5.74, 6) is 0.674. The van der Waals surface area contributed by atoms with Crippen molar-refractivity contribution >= 4 is 27.5 Å². The van der Waals surface area contributed by atoms with Crippen LogP contribution in [0.15, 0.2) is 34.8 Å². The Kier molecular flexibility index (Phi) is 4.74. The van der Waals surface area contributed by atoms with Gasteiger partial charge < -0.3 is 9.84 Å². The Bertz CT molecular complexity index is 641. The van der Waals surface area contributed by atoms with Crippen LogP contribution in [-0.4, -0.2) is 12.2 Å². The molecule has 1 unspecified atom stereocenters. The molecule has 0 radical (unpaired) electrons. The molecule has 0 amide bonds. The number of ether oxygens (including phenoxy) is 1. The van der Waals surface area contributed by atoms with Crippen LogP contribution < -0.4 is 4.74 Å². The molecule has 0 fully saturated rings. The number of rotatable bonds is 3. The molecule has 0 aliphatic heterocycles. The van der Waals surface area contributed by atoms with Crippen LogP contribution in [-0.2, 0) is 0 Å². The first-order valence-electron chi connectivity index (χ1n) is 6.22. The molecule has 0 saturated carbocycles. The summed E-state index contributed by atoms with van der Waals surface area (Å²) in [4.78, 5) is 0. The van der Waals surface area contributed by atoms with Gasteiger partial charge in [-0.05, 0) is 54.8 Å². The maximum Gasteiger partial charge on any atom is 0.125 e. The normalized spacial score (nSPS) is 12.3.